The Hall–Kier alpha value is -2.97. The zero-order valence-corrected chi connectivity index (χ0v) is 19.5. The molecule has 0 aliphatic heterocycles. The number of fused-ring (bicyclic) bond motifs is 1. The van der Waals surface area contributed by atoms with Crippen LogP contribution in [0.15, 0.2) is 35.5 Å². The van der Waals surface area contributed by atoms with E-state index in [0.29, 0.717) is 11.3 Å². The molecule has 11 heteroatoms. The van der Waals surface area contributed by atoms with Gasteiger partial charge in [0.1, 0.15) is 22.7 Å². The van der Waals surface area contributed by atoms with Crippen LogP contribution in [0.3, 0.4) is 0 Å². The fourth-order valence-electron chi connectivity index (χ4n) is 4.42. The summed E-state index contributed by atoms with van der Waals surface area (Å²) in [4.78, 5) is 7.88. The maximum Gasteiger partial charge on any atom is 0.404 e. The Kier molecular flexibility index (Phi) is 6.40. The molecular formula is C23H24F3N5O2S. The van der Waals surface area contributed by atoms with E-state index in [1.807, 2.05) is 25.1 Å². The minimum absolute atomic E-state index is 0.136. The number of benzene rings is 1. The van der Waals surface area contributed by atoms with Crippen molar-refractivity contribution in [2.45, 2.75) is 69.1 Å². The van der Waals surface area contributed by atoms with Gasteiger partial charge in [0.05, 0.1) is 23.5 Å². The molecule has 0 unspecified atom stereocenters. The number of hydrogen-bond donors (Lipinski definition) is 1. The highest BCUT2D eigenvalue weighted by Gasteiger charge is 2.39. The molecule has 1 aliphatic carbocycles. The van der Waals surface area contributed by atoms with Gasteiger partial charge < -0.3 is 4.57 Å². The number of nitrogens with zero attached hydrogens (tertiary/aromatic N) is 4. The molecule has 7 nitrogen and oxygen atoms in total. The maximum absolute atomic E-state index is 12.8. The number of halogens is 3. The number of rotatable bonds is 5. The Morgan fingerprint density at radius 3 is 2.41 bits per heavy atom. The number of aromatic nitrogens is 3. The van der Waals surface area contributed by atoms with Gasteiger partial charge in [-0.2, -0.15) is 23.2 Å². The minimum Gasteiger partial charge on any atom is -0.334 e. The first-order valence-corrected chi connectivity index (χ1v) is 12.5. The molecule has 0 bridgehead atoms. The largest absolute Gasteiger partial charge is 0.404 e. The predicted molar refractivity (Wildman–Crippen MR) is 120 cm³/mol. The summed E-state index contributed by atoms with van der Waals surface area (Å²) in [6, 6.07) is 5.93. The Morgan fingerprint density at radius 1 is 1.18 bits per heavy atom. The van der Waals surface area contributed by atoms with E-state index in [-0.39, 0.29) is 11.9 Å². The van der Waals surface area contributed by atoms with Crippen molar-refractivity contribution in [3.63, 3.8) is 0 Å². The molecule has 2 heterocycles. The Labute approximate surface area is 195 Å². The minimum atomic E-state index is -4.73. The van der Waals surface area contributed by atoms with Crippen LogP contribution in [0.4, 0.5) is 13.2 Å². The van der Waals surface area contributed by atoms with Crippen LogP contribution in [0.5, 0.6) is 0 Å². The summed E-state index contributed by atoms with van der Waals surface area (Å²) in [6.45, 7) is 2.69. The van der Waals surface area contributed by atoms with E-state index in [9.17, 15) is 26.9 Å². The van der Waals surface area contributed by atoms with Gasteiger partial charge in [-0.05, 0) is 38.3 Å². The van der Waals surface area contributed by atoms with Gasteiger partial charge in [0.15, 0.2) is 5.82 Å². The number of hydrogen-bond acceptors (Lipinski definition) is 5. The first-order valence-electron chi connectivity index (χ1n) is 11.0. The molecule has 0 spiro atoms. The standard InChI is InChI=1S/C23H24F3N5O2S/c1-14-8-9-18-19(11-27)21(31(20(18)10-14)16-6-4-3-5-7-16)22-28-12-17(13-29-22)34(32,33)30-15(2)23(24,25)26/h8-10,12-13,15-16,30H,3-7H2,1-2H3/t15-/m0/s1. The number of nitrogens with one attached hydrogen (secondary N) is 1. The second-order valence-electron chi connectivity index (χ2n) is 8.64. The molecule has 4 rings (SSSR count). The third-order valence-corrected chi connectivity index (χ3v) is 7.68. The van der Waals surface area contributed by atoms with Crippen molar-refractivity contribution >= 4 is 20.9 Å². The van der Waals surface area contributed by atoms with Crippen LogP contribution >= 0.6 is 0 Å². The summed E-state index contributed by atoms with van der Waals surface area (Å²) < 4.78 is 67.0. The summed E-state index contributed by atoms with van der Waals surface area (Å²) in [6.07, 6.45) is 2.34. The van der Waals surface area contributed by atoms with Crippen molar-refractivity contribution in [1.82, 2.24) is 19.3 Å². The highest BCUT2D eigenvalue weighted by Crippen LogP contribution is 2.39. The molecule has 0 saturated heterocycles. The normalized spacial score (nSPS) is 16.5. The molecule has 1 atom stereocenters. The summed E-state index contributed by atoms with van der Waals surface area (Å²) in [5.41, 5.74) is 2.81. The number of aryl methyl sites for hydroxylation is 1. The third kappa shape index (κ3) is 4.52. The second-order valence-corrected chi connectivity index (χ2v) is 10.4. The van der Waals surface area contributed by atoms with Gasteiger partial charge in [-0.1, -0.05) is 31.4 Å². The second kappa shape index (κ2) is 9.00. The summed E-state index contributed by atoms with van der Waals surface area (Å²) in [5.74, 6) is 0.152. The summed E-state index contributed by atoms with van der Waals surface area (Å²) in [7, 11) is -4.48. The van der Waals surface area contributed by atoms with Crippen LogP contribution < -0.4 is 4.72 Å². The molecule has 0 amide bonds. The monoisotopic (exact) mass is 491 g/mol. The van der Waals surface area contributed by atoms with Crippen molar-refractivity contribution in [3.8, 4) is 17.6 Å². The van der Waals surface area contributed by atoms with Gasteiger partial charge in [-0.3, -0.25) is 0 Å². The molecule has 1 N–H and O–H groups in total. The van der Waals surface area contributed by atoms with Crippen LogP contribution in [0, 0.1) is 18.3 Å². The van der Waals surface area contributed by atoms with Gasteiger partial charge in [-0.15, -0.1) is 0 Å². The van der Waals surface area contributed by atoms with Crippen LogP contribution in [0.25, 0.3) is 22.4 Å². The number of nitriles is 1. The maximum atomic E-state index is 12.8. The van der Waals surface area contributed by atoms with Gasteiger partial charge in [-0.25, -0.2) is 18.4 Å². The van der Waals surface area contributed by atoms with E-state index in [4.69, 9.17) is 0 Å². The smallest absolute Gasteiger partial charge is 0.334 e. The van der Waals surface area contributed by atoms with E-state index < -0.39 is 27.1 Å². The van der Waals surface area contributed by atoms with Gasteiger partial charge in [0.2, 0.25) is 10.0 Å². The lowest BCUT2D eigenvalue weighted by Crippen LogP contribution is -2.43. The van der Waals surface area contributed by atoms with Crippen molar-refractivity contribution in [2.75, 3.05) is 0 Å². The van der Waals surface area contributed by atoms with Crippen LogP contribution in [-0.2, 0) is 10.0 Å². The molecule has 1 aromatic carbocycles. The zero-order valence-electron chi connectivity index (χ0n) is 18.7. The molecule has 180 valence electrons. The fraction of sp³-hybridized carbons (Fsp3) is 0.435. The topological polar surface area (TPSA) is 101 Å². The van der Waals surface area contributed by atoms with Crippen molar-refractivity contribution in [2.24, 2.45) is 0 Å². The first-order chi connectivity index (χ1) is 16.0. The Morgan fingerprint density at radius 2 is 1.82 bits per heavy atom. The lowest BCUT2D eigenvalue weighted by atomic mass is 9.95. The van der Waals surface area contributed by atoms with Crippen LogP contribution in [0.2, 0.25) is 0 Å². The fourth-order valence-corrected chi connectivity index (χ4v) is 5.54. The van der Waals surface area contributed by atoms with E-state index in [1.54, 1.807) is 4.72 Å². The molecular weight excluding hydrogens is 467 g/mol. The quantitative estimate of drug-likeness (QED) is 0.541. The Bertz CT molecular complexity index is 1350. The molecule has 34 heavy (non-hydrogen) atoms. The summed E-state index contributed by atoms with van der Waals surface area (Å²) >= 11 is 0. The molecule has 2 aromatic heterocycles. The molecule has 1 saturated carbocycles. The molecule has 3 aromatic rings. The Balaban J connectivity index is 1.82. The van der Waals surface area contributed by atoms with Crippen molar-refractivity contribution < 1.29 is 21.6 Å². The predicted octanol–water partition coefficient (Wildman–Crippen LogP) is 5.01. The average Bonchev–Trinajstić information content (AvgIpc) is 3.12. The SMILES string of the molecule is Cc1ccc2c(C#N)c(-c3ncc(S(=O)(=O)N[C@@H](C)C(F)(F)F)cn3)n(C3CCCCC3)c2c1. The third-order valence-electron chi connectivity index (χ3n) is 6.18. The van der Waals surface area contributed by atoms with Crippen LogP contribution in [-0.4, -0.2) is 35.2 Å². The van der Waals surface area contributed by atoms with Crippen molar-refractivity contribution in [3.05, 3.63) is 41.7 Å². The molecule has 1 fully saturated rings. The van der Waals surface area contributed by atoms with E-state index >= 15 is 0 Å². The van der Waals surface area contributed by atoms with E-state index in [0.717, 1.165) is 67.9 Å². The lowest BCUT2D eigenvalue weighted by molar-refractivity contribution is -0.147. The molecule has 0 radical (unpaired) electrons. The van der Waals surface area contributed by atoms with Gasteiger partial charge in [0.25, 0.3) is 0 Å². The highest BCUT2D eigenvalue weighted by molar-refractivity contribution is 7.89. The lowest BCUT2D eigenvalue weighted by Gasteiger charge is -2.26. The van der Waals surface area contributed by atoms with Gasteiger partial charge in [0, 0.05) is 11.4 Å². The zero-order chi connectivity index (χ0) is 24.7. The summed E-state index contributed by atoms with van der Waals surface area (Å²) in [5, 5.41) is 10.7. The number of alkyl halides is 3. The van der Waals surface area contributed by atoms with Crippen LogP contribution in [0.1, 0.15) is 56.2 Å². The van der Waals surface area contributed by atoms with Crippen molar-refractivity contribution in [1.29, 1.82) is 5.26 Å². The first kappa shape index (κ1) is 24.2. The number of sulfonamides is 1. The highest BCUT2D eigenvalue weighted by atomic mass is 32.2. The van der Waals surface area contributed by atoms with E-state index in [2.05, 4.69) is 20.6 Å². The van der Waals surface area contributed by atoms with Gasteiger partial charge >= 0.3 is 6.18 Å². The molecule has 1 aliphatic rings. The van der Waals surface area contributed by atoms with E-state index in [1.165, 1.54) is 0 Å². The average molecular weight is 492 g/mol.